The minimum Gasteiger partial charge on any atom is -0.507 e. The first-order chi connectivity index (χ1) is 13.1. The van der Waals surface area contributed by atoms with Crippen LogP contribution in [0.4, 0.5) is 0 Å². The number of aliphatic carboxylic acids is 1. The predicted molar refractivity (Wildman–Crippen MR) is 118 cm³/mol. The maximum Gasteiger partial charge on any atom is 0.328 e. The smallest absolute Gasteiger partial charge is 0.328 e. The molecule has 0 aliphatic rings. The van der Waals surface area contributed by atoms with Crippen molar-refractivity contribution in [3.05, 3.63) is 63.7 Å². The number of aromatic hydroxyl groups is 2. The maximum atomic E-state index is 11.7. The van der Waals surface area contributed by atoms with Crippen LogP contribution in [-0.4, -0.2) is 21.3 Å². The molecule has 0 aliphatic heterocycles. The monoisotopic (exact) mass is 396 g/mol. The van der Waals surface area contributed by atoms with Crippen molar-refractivity contribution in [1.29, 1.82) is 0 Å². The molecular weight excluding hydrogens is 364 g/mol. The second kappa shape index (κ2) is 7.58. The van der Waals surface area contributed by atoms with Crippen LogP contribution in [0.2, 0.25) is 0 Å². The van der Waals surface area contributed by atoms with E-state index in [4.69, 9.17) is 0 Å². The van der Waals surface area contributed by atoms with Gasteiger partial charge in [-0.1, -0.05) is 53.7 Å². The van der Waals surface area contributed by atoms with Gasteiger partial charge >= 0.3 is 5.97 Å². The molecule has 2 aromatic carbocycles. The minimum absolute atomic E-state index is 0.0359. The lowest BCUT2D eigenvalue weighted by atomic mass is 9.80. The molecule has 156 valence electrons. The summed E-state index contributed by atoms with van der Waals surface area (Å²) in [7, 11) is 0. The molecule has 2 aromatic rings. The van der Waals surface area contributed by atoms with E-state index in [1.165, 1.54) is 0 Å². The van der Waals surface area contributed by atoms with Gasteiger partial charge in [-0.25, -0.2) is 4.79 Å². The fraction of sp³-hybridized carbons (Fsp3) is 0.400. The summed E-state index contributed by atoms with van der Waals surface area (Å²) in [6.45, 7) is 15.8. The van der Waals surface area contributed by atoms with Crippen LogP contribution in [0.3, 0.4) is 0 Å². The molecule has 3 N–H and O–H groups in total. The summed E-state index contributed by atoms with van der Waals surface area (Å²) in [6, 6.07) is 7.34. The van der Waals surface area contributed by atoms with Crippen molar-refractivity contribution >= 4 is 11.5 Å². The van der Waals surface area contributed by atoms with Gasteiger partial charge in [0, 0.05) is 33.9 Å². The summed E-state index contributed by atoms with van der Waals surface area (Å²) in [6.07, 6.45) is 1.06. The molecule has 0 spiro atoms. The van der Waals surface area contributed by atoms with Crippen LogP contribution in [0.25, 0.3) is 5.57 Å². The number of hydrogen-bond acceptors (Lipinski definition) is 3. The highest BCUT2D eigenvalue weighted by molar-refractivity contribution is 5.98. The average molecular weight is 397 g/mol. The molecule has 0 bridgehead atoms. The van der Waals surface area contributed by atoms with Crippen LogP contribution in [0.15, 0.2) is 30.3 Å². The Hall–Kier alpha value is -2.75. The largest absolute Gasteiger partial charge is 0.507 e. The van der Waals surface area contributed by atoms with Gasteiger partial charge in [-0.15, -0.1) is 0 Å². The summed E-state index contributed by atoms with van der Waals surface area (Å²) in [4.78, 5) is 11.7. The minimum atomic E-state index is -1.14. The summed E-state index contributed by atoms with van der Waals surface area (Å²) in [5.74, 6) is -1.07. The summed E-state index contributed by atoms with van der Waals surface area (Å²) >= 11 is 0. The van der Waals surface area contributed by atoms with E-state index >= 15 is 0 Å². The first kappa shape index (κ1) is 22.5. The van der Waals surface area contributed by atoms with Crippen molar-refractivity contribution in [3.63, 3.8) is 0 Å². The molecule has 0 amide bonds. The van der Waals surface area contributed by atoms with E-state index in [1.54, 1.807) is 12.1 Å². The van der Waals surface area contributed by atoms with E-state index in [9.17, 15) is 20.1 Å². The van der Waals surface area contributed by atoms with Crippen molar-refractivity contribution in [2.75, 3.05) is 0 Å². The number of phenolic OH excluding ortho intramolecular Hbond substituents is 2. The molecule has 0 unspecified atom stereocenters. The molecule has 2 rings (SSSR count). The van der Waals surface area contributed by atoms with Crippen LogP contribution in [0.1, 0.15) is 74.9 Å². The third-order valence-electron chi connectivity index (χ3n) is 4.97. The number of carboxylic acid groups (broad SMARTS) is 1. The molecule has 0 heterocycles. The van der Waals surface area contributed by atoms with E-state index < -0.39 is 5.97 Å². The second-order valence-corrected chi connectivity index (χ2v) is 9.81. The summed E-state index contributed by atoms with van der Waals surface area (Å²) in [5, 5.41) is 31.7. The van der Waals surface area contributed by atoms with Crippen molar-refractivity contribution in [1.82, 2.24) is 0 Å². The van der Waals surface area contributed by atoms with Gasteiger partial charge in [0.2, 0.25) is 0 Å². The average Bonchev–Trinajstić information content (AvgIpc) is 2.54. The molecule has 0 saturated heterocycles. The number of carboxylic acids is 1. The number of phenols is 2. The topological polar surface area (TPSA) is 77.8 Å². The van der Waals surface area contributed by atoms with Gasteiger partial charge in [-0.3, -0.25) is 0 Å². The maximum absolute atomic E-state index is 11.7. The summed E-state index contributed by atoms with van der Waals surface area (Å²) in [5.41, 5.74) is 3.70. The van der Waals surface area contributed by atoms with E-state index in [0.717, 1.165) is 28.3 Å². The zero-order valence-corrected chi connectivity index (χ0v) is 18.6. The molecule has 0 aromatic heterocycles. The van der Waals surface area contributed by atoms with E-state index in [2.05, 4.69) is 0 Å². The molecular formula is C25H32O4. The van der Waals surface area contributed by atoms with E-state index in [0.29, 0.717) is 11.1 Å². The third-order valence-corrected chi connectivity index (χ3v) is 4.97. The highest BCUT2D eigenvalue weighted by atomic mass is 16.4. The Morgan fingerprint density at radius 1 is 0.759 bits per heavy atom. The number of aryl methyl sites for hydroxylation is 2. The Morgan fingerprint density at radius 2 is 1.10 bits per heavy atom. The number of hydrogen-bond donors (Lipinski definition) is 3. The Labute approximate surface area is 173 Å². The van der Waals surface area contributed by atoms with E-state index in [1.807, 2.05) is 67.5 Å². The highest BCUT2D eigenvalue weighted by Crippen LogP contribution is 2.44. The summed E-state index contributed by atoms with van der Waals surface area (Å²) < 4.78 is 0. The van der Waals surface area contributed by atoms with Gasteiger partial charge in [0.15, 0.2) is 0 Å². The van der Waals surface area contributed by atoms with Crippen LogP contribution < -0.4 is 0 Å². The van der Waals surface area contributed by atoms with Gasteiger partial charge in [0.05, 0.1) is 0 Å². The van der Waals surface area contributed by atoms with Crippen LogP contribution in [0, 0.1) is 13.8 Å². The van der Waals surface area contributed by atoms with Gasteiger partial charge in [0.25, 0.3) is 0 Å². The predicted octanol–water partition coefficient (Wildman–Crippen LogP) is 5.83. The van der Waals surface area contributed by atoms with Gasteiger partial charge in [0.1, 0.15) is 11.5 Å². The SMILES string of the molecule is Cc1cc(C(=CC(=O)O)c2cc(C)cc(C(C)(C)C)c2O)c(O)c(C(C)(C)C)c1. The van der Waals surface area contributed by atoms with Crippen LogP contribution in [-0.2, 0) is 15.6 Å². The first-order valence-corrected chi connectivity index (χ1v) is 9.76. The Balaban J connectivity index is 2.93. The molecule has 0 aliphatic carbocycles. The zero-order valence-electron chi connectivity index (χ0n) is 18.6. The van der Waals surface area contributed by atoms with Crippen molar-refractivity contribution in [2.45, 2.75) is 66.2 Å². The standard InChI is InChI=1S/C25H32O4/c1-14-9-17(22(28)19(11-14)24(3,4)5)16(13-21(26)27)18-10-15(2)12-20(23(18)29)25(6,7)8/h9-13,28-29H,1-8H3,(H,26,27). The number of benzene rings is 2. The molecule has 29 heavy (non-hydrogen) atoms. The second-order valence-electron chi connectivity index (χ2n) is 9.81. The molecule has 0 radical (unpaired) electrons. The van der Waals surface area contributed by atoms with Crippen LogP contribution >= 0.6 is 0 Å². The molecule has 4 nitrogen and oxygen atoms in total. The van der Waals surface area contributed by atoms with Crippen molar-refractivity contribution in [3.8, 4) is 11.5 Å². The molecule has 0 saturated carbocycles. The molecule has 4 heteroatoms. The van der Waals surface area contributed by atoms with Gasteiger partial charge in [-0.05, 0) is 47.9 Å². The molecule has 0 atom stereocenters. The normalized spacial score (nSPS) is 12.0. The lowest BCUT2D eigenvalue weighted by Gasteiger charge is -2.26. The Bertz CT molecular complexity index is 912. The lowest BCUT2D eigenvalue weighted by molar-refractivity contribution is -0.131. The fourth-order valence-corrected chi connectivity index (χ4v) is 3.54. The Morgan fingerprint density at radius 3 is 1.38 bits per heavy atom. The lowest BCUT2D eigenvalue weighted by Crippen LogP contribution is -2.14. The zero-order chi connectivity index (χ0) is 22.3. The fourth-order valence-electron chi connectivity index (χ4n) is 3.54. The van der Waals surface area contributed by atoms with Gasteiger partial charge < -0.3 is 15.3 Å². The van der Waals surface area contributed by atoms with Gasteiger partial charge in [-0.2, -0.15) is 0 Å². The van der Waals surface area contributed by atoms with Crippen molar-refractivity contribution in [2.24, 2.45) is 0 Å². The number of rotatable bonds is 3. The third kappa shape index (κ3) is 4.81. The quantitative estimate of drug-likeness (QED) is 0.571. The van der Waals surface area contributed by atoms with E-state index in [-0.39, 0.29) is 27.9 Å². The Kier molecular flexibility index (Phi) is 5.89. The highest BCUT2D eigenvalue weighted by Gasteiger charge is 2.27. The first-order valence-electron chi connectivity index (χ1n) is 9.76. The van der Waals surface area contributed by atoms with Crippen LogP contribution in [0.5, 0.6) is 11.5 Å². The molecule has 0 fully saturated rings. The van der Waals surface area contributed by atoms with Crippen molar-refractivity contribution < 1.29 is 20.1 Å². The number of carbonyl (C=O) groups is 1.